The van der Waals surface area contributed by atoms with Gasteiger partial charge in [-0.3, -0.25) is 9.59 Å². The van der Waals surface area contributed by atoms with Gasteiger partial charge in [-0.1, -0.05) is 6.92 Å². The van der Waals surface area contributed by atoms with Crippen molar-refractivity contribution >= 4 is 40.2 Å². The summed E-state index contributed by atoms with van der Waals surface area (Å²) < 4.78 is 86.6. The molecule has 1 aromatic carbocycles. The van der Waals surface area contributed by atoms with Crippen molar-refractivity contribution in [2.45, 2.75) is 57.2 Å². The number of piperazine rings is 1. The lowest BCUT2D eigenvalue weighted by Gasteiger charge is -2.50. The van der Waals surface area contributed by atoms with Crippen molar-refractivity contribution < 1.29 is 45.4 Å². The Kier molecular flexibility index (Phi) is 9.79. The second kappa shape index (κ2) is 13.1. The number of hydrogen-bond donors (Lipinski definition) is 3. The molecule has 5 rings (SSSR count). The van der Waals surface area contributed by atoms with Crippen molar-refractivity contribution in [3.63, 3.8) is 0 Å². The first-order valence-corrected chi connectivity index (χ1v) is 14.0. The molecule has 1 aliphatic carbocycles. The number of alkyl halides is 6. The van der Waals surface area contributed by atoms with E-state index in [4.69, 9.17) is 9.90 Å². The lowest BCUT2D eigenvalue weighted by Crippen LogP contribution is -2.64. The first-order valence-electron chi connectivity index (χ1n) is 14.0. The minimum Gasteiger partial charge on any atom is -0.475 e. The molecule has 2 atom stereocenters. The zero-order valence-electron chi connectivity index (χ0n) is 24.8. The number of anilines is 3. The molecule has 0 radical (unpaired) electrons. The highest BCUT2D eigenvalue weighted by Crippen LogP contribution is 2.34. The van der Waals surface area contributed by atoms with Crippen LogP contribution in [0.1, 0.15) is 31.0 Å². The smallest absolute Gasteiger partial charge is 0.475 e. The number of carboxylic acid groups (broad SMARTS) is 1. The van der Waals surface area contributed by atoms with E-state index in [1.165, 1.54) is 6.20 Å². The zero-order valence-corrected chi connectivity index (χ0v) is 24.8. The molecule has 0 spiro atoms. The number of nitrogens with zero attached hydrogens (tertiary/aromatic N) is 5. The zero-order chi connectivity index (χ0) is 34.1. The molecule has 2 aliphatic rings. The predicted octanol–water partition coefficient (Wildman–Crippen LogP) is 3.79. The third kappa shape index (κ3) is 7.16. The van der Waals surface area contributed by atoms with Crippen LogP contribution in [0.25, 0.3) is 11.2 Å². The number of benzene rings is 1. The summed E-state index contributed by atoms with van der Waals surface area (Å²) in [4.78, 5) is 48.8. The van der Waals surface area contributed by atoms with Gasteiger partial charge in [-0.05, 0) is 37.5 Å². The third-order valence-electron chi connectivity index (χ3n) is 7.62. The first-order chi connectivity index (χ1) is 21.4. The van der Waals surface area contributed by atoms with Crippen LogP contribution in [0, 0.1) is 5.82 Å². The summed E-state index contributed by atoms with van der Waals surface area (Å²) in [6, 6.07) is 2.34. The maximum Gasteiger partial charge on any atom is 0.490 e. The number of rotatable bonds is 6. The topological polar surface area (TPSA) is 133 Å². The molecule has 250 valence electrons. The number of nitrogens with one attached hydrogen (secondary N) is 2. The largest absolute Gasteiger partial charge is 0.490 e. The van der Waals surface area contributed by atoms with Crippen molar-refractivity contribution in [2.75, 3.05) is 42.3 Å². The summed E-state index contributed by atoms with van der Waals surface area (Å²) in [5.41, 5.74) is -0.423. The van der Waals surface area contributed by atoms with Gasteiger partial charge in [-0.2, -0.15) is 26.3 Å². The Balaban J connectivity index is 0.000000617. The number of aromatic nitrogens is 3. The first kappa shape index (κ1) is 34.4. The van der Waals surface area contributed by atoms with Gasteiger partial charge in [-0.15, -0.1) is 0 Å². The van der Waals surface area contributed by atoms with Crippen LogP contribution >= 0.6 is 0 Å². The summed E-state index contributed by atoms with van der Waals surface area (Å²) in [5.74, 6) is -4.17. The second-order valence-electron chi connectivity index (χ2n) is 10.8. The molecule has 3 aromatic rings. The number of hydrogen-bond acceptors (Lipinski definition) is 8. The van der Waals surface area contributed by atoms with E-state index in [-0.39, 0.29) is 40.9 Å². The summed E-state index contributed by atoms with van der Waals surface area (Å²) in [5, 5.41) is 13.0. The van der Waals surface area contributed by atoms with Crippen LogP contribution in [0.4, 0.5) is 47.9 Å². The van der Waals surface area contributed by atoms with Gasteiger partial charge in [0.2, 0.25) is 11.3 Å². The number of fused-ring (bicyclic) bond motifs is 2. The highest BCUT2D eigenvalue weighted by Gasteiger charge is 2.41. The van der Waals surface area contributed by atoms with Crippen LogP contribution in [-0.2, 0) is 28.7 Å². The molecule has 11 nitrogen and oxygen atoms in total. The van der Waals surface area contributed by atoms with Crippen molar-refractivity contribution in [2.24, 2.45) is 0 Å². The lowest BCUT2D eigenvalue weighted by atomic mass is 9.83. The van der Waals surface area contributed by atoms with Crippen LogP contribution in [0.2, 0.25) is 0 Å². The molecular formula is C28H30F7N7O4. The van der Waals surface area contributed by atoms with E-state index in [1.807, 2.05) is 6.92 Å². The van der Waals surface area contributed by atoms with E-state index < -0.39 is 35.6 Å². The van der Waals surface area contributed by atoms with Gasteiger partial charge >= 0.3 is 18.3 Å². The van der Waals surface area contributed by atoms with Gasteiger partial charge in [0.05, 0.1) is 17.4 Å². The molecule has 1 saturated heterocycles. The quantitative estimate of drug-likeness (QED) is 0.338. The minimum absolute atomic E-state index is 0.108. The van der Waals surface area contributed by atoms with Gasteiger partial charge in [0.1, 0.15) is 23.9 Å². The summed E-state index contributed by atoms with van der Waals surface area (Å²) in [6.45, 7) is 2.84. The van der Waals surface area contributed by atoms with Gasteiger partial charge in [-0.25, -0.2) is 19.2 Å². The van der Waals surface area contributed by atoms with Crippen LogP contribution < -0.4 is 25.9 Å². The number of carbonyl (C=O) groups is 2. The molecule has 0 unspecified atom stereocenters. The van der Waals surface area contributed by atoms with Crippen LogP contribution in [-0.4, -0.2) is 77.0 Å². The minimum atomic E-state index is -5.08. The Morgan fingerprint density at radius 3 is 2.35 bits per heavy atom. The fourth-order valence-corrected chi connectivity index (χ4v) is 5.30. The fourth-order valence-electron chi connectivity index (χ4n) is 5.30. The Morgan fingerprint density at radius 1 is 1.15 bits per heavy atom. The van der Waals surface area contributed by atoms with E-state index in [1.54, 1.807) is 23.6 Å². The maximum atomic E-state index is 14.4. The predicted molar refractivity (Wildman–Crippen MR) is 153 cm³/mol. The number of carboxylic acids is 1. The van der Waals surface area contributed by atoms with Gasteiger partial charge < -0.3 is 30.1 Å². The number of carbonyl (C=O) groups excluding carboxylic acids is 1. The molecular weight excluding hydrogens is 631 g/mol. The average Bonchev–Trinajstić information content (AvgIpc) is 2.95. The Labute approximate surface area is 257 Å². The van der Waals surface area contributed by atoms with Gasteiger partial charge in [0.15, 0.2) is 11.2 Å². The van der Waals surface area contributed by atoms with Crippen LogP contribution in [0.3, 0.4) is 0 Å². The molecule has 0 bridgehead atoms. The Hall–Kier alpha value is -4.48. The van der Waals surface area contributed by atoms with Crippen molar-refractivity contribution in [3.05, 3.63) is 51.7 Å². The average molecular weight is 662 g/mol. The van der Waals surface area contributed by atoms with E-state index in [2.05, 4.69) is 25.5 Å². The fraction of sp³-hybridized carbons (Fsp3) is 0.464. The summed E-state index contributed by atoms with van der Waals surface area (Å²) in [6.07, 6.45) is -5.96. The lowest BCUT2D eigenvalue weighted by molar-refractivity contribution is -0.192. The summed E-state index contributed by atoms with van der Waals surface area (Å²) in [7, 11) is 3.55. The molecule has 18 heteroatoms. The van der Waals surface area contributed by atoms with Crippen molar-refractivity contribution in [1.82, 2.24) is 19.9 Å². The monoisotopic (exact) mass is 661 g/mol. The van der Waals surface area contributed by atoms with E-state index in [0.717, 1.165) is 18.9 Å². The highest BCUT2D eigenvalue weighted by atomic mass is 19.4. The number of halogens is 7. The summed E-state index contributed by atoms with van der Waals surface area (Å²) >= 11 is 0. The maximum absolute atomic E-state index is 14.4. The van der Waals surface area contributed by atoms with Crippen LogP contribution in [0.5, 0.6) is 0 Å². The van der Waals surface area contributed by atoms with E-state index >= 15 is 0 Å². The standard InChI is InChI=1S/C26H29F4N7O2.C2HF3O2/c1-4-18-23(36-10-9-31-17-7-8-19(17)36)24(39)22-25(32-12-20(34-22)35(2)3)37(18)13-21(38)33-16-6-5-14(11-15(16)27)26(28,29)30;3-2(4,5)1(6)7/h5-6,11-12,17,19,31H,4,7-10,13H2,1-3H3,(H,33,38);(H,6,7)/t17-,19-;/m0./s1. The normalized spacial score (nSPS) is 17.8. The molecule has 1 saturated carbocycles. The van der Waals surface area contributed by atoms with Gasteiger partial charge in [0, 0.05) is 45.0 Å². The van der Waals surface area contributed by atoms with E-state index in [0.29, 0.717) is 48.8 Å². The highest BCUT2D eigenvalue weighted by molar-refractivity contribution is 5.92. The molecule has 3 heterocycles. The molecule has 46 heavy (non-hydrogen) atoms. The molecule has 1 amide bonds. The molecule has 2 fully saturated rings. The number of aliphatic carboxylic acids is 1. The second-order valence-corrected chi connectivity index (χ2v) is 10.8. The number of pyridine rings is 1. The van der Waals surface area contributed by atoms with Gasteiger partial charge in [0.25, 0.3) is 0 Å². The van der Waals surface area contributed by atoms with E-state index in [9.17, 15) is 40.3 Å². The third-order valence-corrected chi connectivity index (χ3v) is 7.62. The van der Waals surface area contributed by atoms with Crippen molar-refractivity contribution in [1.29, 1.82) is 0 Å². The van der Waals surface area contributed by atoms with Crippen molar-refractivity contribution in [3.8, 4) is 0 Å². The molecule has 1 aliphatic heterocycles. The molecule has 3 N–H and O–H groups in total. The van der Waals surface area contributed by atoms with Crippen LogP contribution in [0.15, 0.2) is 29.2 Å². The Morgan fingerprint density at radius 2 is 1.83 bits per heavy atom. The number of amides is 1. The molecule has 2 aromatic heterocycles. The SMILES string of the molecule is CCc1c(N2CCN[C@H]3CC[C@@H]32)c(=O)c2nc(N(C)C)cnc2n1CC(=O)Nc1ccc(C(F)(F)F)cc1F.O=C(O)C(F)(F)F. The Bertz CT molecular complexity index is 1690.